The highest BCUT2D eigenvalue weighted by molar-refractivity contribution is 6.69. The summed E-state index contributed by atoms with van der Waals surface area (Å²) in [6.07, 6.45) is -5.32. The molecule has 1 rings (SSSR count). The Labute approximate surface area is 150 Å². The van der Waals surface area contributed by atoms with Gasteiger partial charge in [0.25, 0.3) is 0 Å². The van der Waals surface area contributed by atoms with Gasteiger partial charge in [-0.05, 0) is 26.3 Å². The molecule has 25 heavy (non-hydrogen) atoms. The molecule has 136 valence electrons. The van der Waals surface area contributed by atoms with Gasteiger partial charge in [0, 0.05) is 5.56 Å². The zero-order chi connectivity index (χ0) is 19.6. The van der Waals surface area contributed by atoms with Crippen LogP contribution >= 0.6 is 11.6 Å². The molecule has 0 saturated carbocycles. The van der Waals surface area contributed by atoms with E-state index in [9.17, 15) is 25.2 Å². The van der Waals surface area contributed by atoms with Crippen molar-refractivity contribution < 1.29 is 35.2 Å². The van der Waals surface area contributed by atoms with Crippen molar-refractivity contribution in [1.82, 2.24) is 4.90 Å². The fourth-order valence-corrected chi connectivity index (χ4v) is 1.96. The van der Waals surface area contributed by atoms with E-state index < -0.39 is 23.4 Å². The molecule has 1 aromatic carbocycles. The number of amides is 1. The molecule has 1 aromatic rings. The molecule has 1 unspecified atom stereocenters. The van der Waals surface area contributed by atoms with Gasteiger partial charge in [0.1, 0.15) is 11.2 Å². The smallest absolute Gasteiger partial charge is 0.418 e. The molecular formula is C14H18BClN2O7. The molecule has 0 saturated heterocycles. The number of oxime groups is 1. The summed E-state index contributed by atoms with van der Waals surface area (Å²) in [6, 6.07) is 4.87. The Balaban J connectivity index is 3.30. The first-order valence-electron chi connectivity index (χ1n) is 6.90. The van der Waals surface area contributed by atoms with Crippen LogP contribution in [0.1, 0.15) is 31.9 Å². The van der Waals surface area contributed by atoms with E-state index in [0.29, 0.717) is 0 Å². The normalized spacial score (nSPS) is 15.4. The molecule has 0 heterocycles. The SMILES string of the molecule is [B]C(O)(c1ccc(/C(Cl)=N/O)cc1)N(C(=O)OC(C)(C)C)C(O)(O)O. The number of hydrogen-bond donors (Lipinski definition) is 5. The Bertz CT molecular complexity index is 651. The number of ether oxygens (including phenoxy) is 1. The minimum absolute atomic E-state index is 0.231. The number of benzene rings is 1. The summed E-state index contributed by atoms with van der Waals surface area (Å²) in [5.74, 6) is 0. The highest BCUT2D eigenvalue weighted by Gasteiger charge is 2.48. The summed E-state index contributed by atoms with van der Waals surface area (Å²) in [5.41, 5.74) is -3.94. The first kappa shape index (κ1) is 21.2. The first-order valence-corrected chi connectivity index (χ1v) is 7.28. The summed E-state index contributed by atoms with van der Waals surface area (Å²) < 4.78 is 4.91. The van der Waals surface area contributed by atoms with Crippen LogP contribution in [0.15, 0.2) is 29.4 Å². The molecule has 9 nitrogen and oxygen atoms in total. The van der Waals surface area contributed by atoms with Crippen molar-refractivity contribution >= 4 is 30.7 Å². The molecule has 0 aromatic heterocycles. The van der Waals surface area contributed by atoms with E-state index in [4.69, 9.17) is 29.4 Å². The molecule has 1 atom stereocenters. The van der Waals surface area contributed by atoms with Gasteiger partial charge in [0.05, 0.1) is 0 Å². The Morgan fingerprint density at radius 2 is 1.64 bits per heavy atom. The van der Waals surface area contributed by atoms with Crippen molar-refractivity contribution in [1.29, 1.82) is 0 Å². The number of carbonyl (C=O) groups is 1. The fraction of sp³-hybridized carbons (Fsp3) is 0.429. The van der Waals surface area contributed by atoms with E-state index in [0.717, 1.165) is 12.1 Å². The lowest BCUT2D eigenvalue weighted by Crippen LogP contribution is -2.63. The van der Waals surface area contributed by atoms with Gasteiger partial charge < -0.3 is 30.4 Å². The van der Waals surface area contributed by atoms with Gasteiger partial charge in [-0.3, -0.25) is 0 Å². The quantitative estimate of drug-likeness (QED) is 0.166. The molecule has 2 radical (unpaired) electrons. The summed E-state index contributed by atoms with van der Waals surface area (Å²) in [5, 5.41) is 49.9. The van der Waals surface area contributed by atoms with Crippen LogP contribution < -0.4 is 0 Å². The molecule has 0 aliphatic rings. The van der Waals surface area contributed by atoms with Crippen LogP contribution in [0.4, 0.5) is 4.79 Å². The zero-order valence-corrected chi connectivity index (χ0v) is 14.5. The second-order valence-electron chi connectivity index (χ2n) is 6.11. The van der Waals surface area contributed by atoms with E-state index in [2.05, 4.69) is 5.16 Å². The Kier molecular flexibility index (Phi) is 6.09. The molecule has 11 heteroatoms. The van der Waals surface area contributed by atoms with Crippen LogP contribution in [0.3, 0.4) is 0 Å². The molecule has 5 N–H and O–H groups in total. The average molecular weight is 373 g/mol. The van der Waals surface area contributed by atoms with Crippen LogP contribution in [0.2, 0.25) is 0 Å². The Morgan fingerprint density at radius 1 is 1.16 bits per heavy atom. The van der Waals surface area contributed by atoms with Crippen molar-refractivity contribution in [3.63, 3.8) is 0 Å². The first-order chi connectivity index (χ1) is 11.2. The average Bonchev–Trinajstić information content (AvgIpc) is 2.42. The van der Waals surface area contributed by atoms with Gasteiger partial charge in [-0.25, -0.2) is 9.69 Å². The largest absolute Gasteiger partial charge is 0.443 e. The van der Waals surface area contributed by atoms with Crippen molar-refractivity contribution in [3.8, 4) is 0 Å². The van der Waals surface area contributed by atoms with Gasteiger partial charge in [-0.1, -0.05) is 41.0 Å². The van der Waals surface area contributed by atoms with Gasteiger partial charge in [-0.15, -0.1) is 0 Å². The third-order valence-electron chi connectivity index (χ3n) is 2.85. The molecule has 0 spiro atoms. The van der Waals surface area contributed by atoms with Gasteiger partial charge >= 0.3 is 12.2 Å². The minimum Gasteiger partial charge on any atom is -0.443 e. The van der Waals surface area contributed by atoms with Crippen molar-refractivity contribution in [3.05, 3.63) is 35.4 Å². The van der Waals surface area contributed by atoms with Crippen molar-refractivity contribution in [2.24, 2.45) is 5.16 Å². The number of rotatable bonds is 4. The van der Waals surface area contributed by atoms with E-state index >= 15 is 0 Å². The lowest BCUT2D eigenvalue weighted by Gasteiger charge is -2.42. The second-order valence-corrected chi connectivity index (χ2v) is 6.47. The maximum Gasteiger partial charge on any atom is 0.418 e. The maximum atomic E-state index is 12.2. The summed E-state index contributed by atoms with van der Waals surface area (Å²) in [4.78, 5) is 11.9. The van der Waals surface area contributed by atoms with Gasteiger partial charge in [0.15, 0.2) is 13.0 Å². The fourth-order valence-electron chi connectivity index (χ4n) is 1.84. The number of aliphatic hydroxyl groups is 4. The van der Waals surface area contributed by atoms with Crippen LogP contribution in [-0.4, -0.2) is 61.3 Å². The lowest BCUT2D eigenvalue weighted by molar-refractivity contribution is -0.408. The zero-order valence-electron chi connectivity index (χ0n) is 13.7. The van der Waals surface area contributed by atoms with E-state index in [1.165, 1.54) is 32.9 Å². The van der Waals surface area contributed by atoms with E-state index in [-0.39, 0.29) is 21.2 Å². The van der Waals surface area contributed by atoms with Crippen LogP contribution in [-0.2, 0) is 10.4 Å². The van der Waals surface area contributed by atoms with Gasteiger partial charge in [0.2, 0.25) is 0 Å². The molecule has 0 aliphatic carbocycles. The number of hydrogen-bond acceptors (Lipinski definition) is 8. The third-order valence-corrected chi connectivity index (χ3v) is 3.15. The molecular weight excluding hydrogens is 354 g/mol. The third kappa shape index (κ3) is 5.31. The highest BCUT2D eigenvalue weighted by Crippen LogP contribution is 2.29. The standard InChI is InChI=1S/C14H18BClN2O7/c1-12(2,3)25-11(19)18(14(21,22)23)13(15,20)9-6-4-8(5-7-9)10(16)17-24/h4-7,20-24H,1-3H3/b17-10-. The summed E-state index contributed by atoms with van der Waals surface area (Å²) in [6.45, 7) is 4.45. The van der Waals surface area contributed by atoms with Crippen LogP contribution in [0.5, 0.6) is 0 Å². The van der Waals surface area contributed by atoms with Crippen LogP contribution in [0.25, 0.3) is 0 Å². The number of nitrogens with zero attached hydrogens (tertiary/aromatic N) is 2. The molecule has 1 amide bonds. The van der Waals surface area contributed by atoms with E-state index in [1.807, 2.05) is 0 Å². The second kappa shape index (κ2) is 7.18. The monoisotopic (exact) mass is 372 g/mol. The molecule has 0 bridgehead atoms. The topological polar surface area (TPSA) is 143 Å². The van der Waals surface area contributed by atoms with Crippen LogP contribution in [0, 0.1) is 0 Å². The van der Waals surface area contributed by atoms with Crippen molar-refractivity contribution in [2.75, 3.05) is 0 Å². The molecule has 0 aliphatic heterocycles. The predicted molar refractivity (Wildman–Crippen MR) is 87.7 cm³/mol. The molecule has 0 fully saturated rings. The van der Waals surface area contributed by atoms with E-state index in [1.54, 1.807) is 0 Å². The lowest BCUT2D eigenvalue weighted by atomic mass is 9.82. The maximum absolute atomic E-state index is 12.2. The minimum atomic E-state index is -3.82. The Hall–Kier alpha value is -1.85. The summed E-state index contributed by atoms with van der Waals surface area (Å²) in [7, 11) is 5.63. The number of halogens is 1. The van der Waals surface area contributed by atoms with Crippen molar-refractivity contribution in [2.45, 2.75) is 38.1 Å². The Morgan fingerprint density at radius 3 is 2.00 bits per heavy atom. The van der Waals surface area contributed by atoms with Gasteiger partial charge in [-0.2, -0.15) is 0 Å². The summed E-state index contributed by atoms with van der Waals surface area (Å²) >= 11 is 5.62. The predicted octanol–water partition coefficient (Wildman–Crippen LogP) is 0.158. The number of carbonyl (C=O) groups excluding carboxylic acids is 1. The highest BCUT2D eigenvalue weighted by atomic mass is 35.5.